The summed E-state index contributed by atoms with van der Waals surface area (Å²) < 4.78 is 0. The molecule has 6 heteroatoms. The van der Waals surface area contributed by atoms with E-state index in [1.165, 1.54) is 4.90 Å². The van der Waals surface area contributed by atoms with E-state index in [2.05, 4.69) is 11.4 Å². The van der Waals surface area contributed by atoms with Gasteiger partial charge < -0.3 is 15.3 Å². The van der Waals surface area contributed by atoms with E-state index in [0.29, 0.717) is 31.5 Å². The SMILES string of the molecule is CN(Cc1cccc(C#N)c1)C(=O)NCCCCC(=O)O. The van der Waals surface area contributed by atoms with Crippen molar-refractivity contribution < 1.29 is 14.7 Å². The Hall–Kier alpha value is -2.55. The van der Waals surface area contributed by atoms with Crippen LogP contribution in [0.4, 0.5) is 4.79 Å². The van der Waals surface area contributed by atoms with Gasteiger partial charge in [0.25, 0.3) is 0 Å². The van der Waals surface area contributed by atoms with Crippen molar-refractivity contribution in [3.63, 3.8) is 0 Å². The third-order valence-electron chi connectivity index (χ3n) is 2.92. The lowest BCUT2D eigenvalue weighted by molar-refractivity contribution is -0.137. The number of amides is 2. The van der Waals surface area contributed by atoms with Gasteiger partial charge in [0.2, 0.25) is 0 Å². The van der Waals surface area contributed by atoms with Gasteiger partial charge in [-0.25, -0.2) is 4.79 Å². The molecule has 0 saturated carbocycles. The molecule has 0 bridgehead atoms. The average Bonchev–Trinajstić information content (AvgIpc) is 2.46. The molecule has 0 fully saturated rings. The van der Waals surface area contributed by atoms with Crippen molar-refractivity contribution >= 4 is 12.0 Å². The van der Waals surface area contributed by atoms with Gasteiger partial charge in [-0.05, 0) is 30.5 Å². The first-order valence-corrected chi connectivity index (χ1v) is 6.72. The molecule has 0 saturated heterocycles. The van der Waals surface area contributed by atoms with Crippen LogP contribution in [0.1, 0.15) is 30.4 Å². The molecule has 0 atom stereocenters. The highest BCUT2D eigenvalue weighted by Gasteiger charge is 2.08. The number of urea groups is 1. The van der Waals surface area contributed by atoms with Crippen LogP contribution >= 0.6 is 0 Å². The zero-order valence-corrected chi connectivity index (χ0v) is 12.0. The summed E-state index contributed by atoms with van der Waals surface area (Å²) in [6.07, 6.45) is 1.30. The van der Waals surface area contributed by atoms with E-state index in [-0.39, 0.29) is 12.5 Å². The van der Waals surface area contributed by atoms with Crippen LogP contribution in [0, 0.1) is 11.3 Å². The Morgan fingerprint density at radius 2 is 2.14 bits per heavy atom. The van der Waals surface area contributed by atoms with Crippen LogP contribution in [0.5, 0.6) is 0 Å². The molecule has 21 heavy (non-hydrogen) atoms. The Bertz CT molecular complexity index is 537. The summed E-state index contributed by atoms with van der Waals surface area (Å²) >= 11 is 0. The minimum absolute atomic E-state index is 0.118. The van der Waals surface area contributed by atoms with Crippen LogP contribution in [0.15, 0.2) is 24.3 Å². The Labute approximate surface area is 124 Å². The van der Waals surface area contributed by atoms with E-state index in [1.807, 2.05) is 6.07 Å². The van der Waals surface area contributed by atoms with E-state index < -0.39 is 5.97 Å². The predicted molar refractivity (Wildman–Crippen MR) is 77.5 cm³/mol. The van der Waals surface area contributed by atoms with Crippen LogP contribution in [-0.4, -0.2) is 35.6 Å². The Kier molecular flexibility index (Phi) is 6.75. The molecular formula is C15H19N3O3. The van der Waals surface area contributed by atoms with Gasteiger partial charge in [0.05, 0.1) is 11.6 Å². The maximum absolute atomic E-state index is 11.8. The van der Waals surface area contributed by atoms with Crippen molar-refractivity contribution in [3.8, 4) is 6.07 Å². The lowest BCUT2D eigenvalue weighted by Crippen LogP contribution is -2.37. The first-order chi connectivity index (χ1) is 10.0. The summed E-state index contributed by atoms with van der Waals surface area (Å²) in [5, 5.41) is 20.1. The molecular weight excluding hydrogens is 270 g/mol. The third-order valence-corrected chi connectivity index (χ3v) is 2.92. The van der Waals surface area contributed by atoms with Crippen molar-refractivity contribution in [1.29, 1.82) is 5.26 Å². The molecule has 2 N–H and O–H groups in total. The molecule has 0 aliphatic rings. The van der Waals surface area contributed by atoms with Gasteiger partial charge in [0.15, 0.2) is 0 Å². The molecule has 0 aromatic heterocycles. The lowest BCUT2D eigenvalue weighted by atomic mass is 10.1. The number of hydrogen-bond acceptors (Lipinski definition) is 3. The molecule has 2 amide bonds. The number of benzene rings is 1. The lowest BCUT2D eigenvalue weighted by Gasteiger charge is -2.18. The number of rotatable bonds is 7. The number of carboxylic acid groups (broad SMARTS) is 1. The second-order valence-corrected chi connectivity index (χ2v) is 4.75. The molecule has 0 aliphatic heterocycles. The molecule has 1 rings (SSSR count). The minimum atomic E-state index is -0.823. The maximum Gasteiger partial charge on any atom is 0.317 e. The molecule has 0 aliphatic carbocycles. The van der Waals surface area contributed by atoms with Gasteiger partial charge in [0, 0.05) is 26.6 Å². The smallest absolute Gasteiger partial charge is 0.317 e. The van der Waals surface area contributed by atoms with Crippen molar-refractivity contribution in [2.45, 2.75) is 25.8 Å². The van der Waals surface area contributed by atoms with Gasteiger partial charge in [-0.1, -0.05) is 12.1 Å². The highest BCUT2D eigenvalue weighted by molar-refractivity contribution is 5.73. The number of hydrogen-bond donors (Lipinski definition) is 2. The fourth-order valence-electron chi connectivity index (χ4n) is 1.82. The summed E-state index contributed by atoms with van der Waals surface area (Å²) in [7, 11) is 1.67. The predicted octanol–water partition coefficient (Wildman–Crippen LogP) is 1.95. The van der Waals surface area contributed by atoms with Crippen molar-refractivity contribution in [3.05, 3.63) is 35.4 Å². The second-order valence-electron chi connectivity index (χ2n) is 4.75. The number of carbonyl (C=O) groups excluding carboxylic acids is 1. The zero-order chi connectivity index (χ0) is 15.7. The monoisotopic (exact) mass is 289 g/mol. The molecule has 112 valence electrons. The number of carbonyl (C=O) groups is 2. The fourth-order valence-corrected chi connectivity index (χ4v) is 1.82. The van der Waals surface area contributed by atoms with Crippen LogP contribution in [-0.2, 0) is 11.3 Å². The normalized spacial score (nSPS) is 9.71. The topological polar surface area (TPSA) is 93.4 Å². The minimum Gasteiger partial charge on any atom is -0.481 e. The molecule has 1 aromatic rings. The number of nitriles is 1. The summed E-state index contributed by atoms with van der Waals surface area (Å²) in [6.45, 7) is 0.866. The third kappa shape index (κ3) is 6.43. The molecule has 0 unspecified atom stereocenters. The van der Waals surface area contributed by atoms with Crippen LogP contribution in [0.25, 0.3) is 0 Å². The maximum atomic E-state index is 11.8. The quantitative estimate of drug-likeness (QED) is 0.750. The first kappa shape index (κ1) is 16.5. The largest absolute Gasteiger partial charge is 0.481 e. The highest BCUT2D eigenvalue weighted by atomic mass is 16.4. The number of carboxylic acids is 1. The van der Waals surface area contributed by atoms with Gasteiger partial charge >= 0.3 is 12.0 Å². The first-order valence-electron chi connectivity index (χ1n) is 6.72. The van der Waals surface area contributed by atoms with Crippen molar-refractivity contribution in [1.82, 2.24) is 10.2 Å². The molecule has 1 aromatic carbocycles. The highest BCUT2D eigenvalue weighted by Crippen LogP contribution is 2.07. The van der Waals surface area contributed by atoms with Crippen molar-refractivity contribution in [2.75, 3.05) is 13.6 Å². The fraction of sp³-hybridized carbons (Fsp3) is 0.400. The molecule has 0 heterocycles. The summed E-state index contributed by atoms with van der Waals surface area (Å²) in [5.41, 5.74) is 1.45. The Balaban J connectivity index is 2.34. The number of unbranched alkanes of at least 4 members (excludes halogenated alkanes) is 1. The summed E-state index contributed by atoms with van der Waals surface area (Å²) in [6, 6.07) is 8.95. The number of aliphatic carboxylic acids is 1. The zero-order valence-electron chi connectivity index (χ0n) is 12.0. The van der Waals surface area contributed by atoms with E-state index in [9.17, 15) is 9.59 Å². The standard InChI is InChI=1S/C15H19N3O3/c1-18(11-13-6-4-5-12(9-13)10-16)15(21)17-8-3-2-7-14(19)20/h4-6,9H,2-3,7-8,11H2,1H3,(H,17,21)(H,19,20). The van der Waals surface area contributed by atoms with Gasteiger partial charge in [-0.2, -0.15) is 5.26 Å². The van der Waals surface area contributed by atoms with Crippen molar-refractivity contribution in [2.24, 2.45) is 0 Å². The molecule has 6 nitrogen and oxygen atoms in total. The van der Waals surface area contributed by atoms with Gasteiger partial charge in [0.1, 0.15) is 0 Å². The number of nitrogens with zero attached hydrogens (tertiary/aromatic N) is 2. The van der Waals surface area contributed by atoms with E-state index in [4.69, 9.17) is 10.4 Å². The Morgan fingerprint density at radius 3 is 2.81 bits per heavy atom. The van der Waals surface area contributed by atoms with Crippen LogP contribution in [0.2, 0.25) is 0 Å². The molecule has 0 spiro atoms. The van der Waals surface area contributed by atoms with E-state index >= 15 is 0 Å². The van der Waals surface area contributed by atoms with Crippen LogP contribution < -0.4 is 5.32 Å². The average molecular weight is 289 g/mol. The van der Waals surface area contributed by atoms with E-state index in [1.54, 1.807) is 25.2 Å². The number of nitrogens with one attached hydrogen (secondary N) is 1. The van der Waals surface area contributed by atoms with Gasteiger partial charge in [-0.15, -0.1) is 0 Å². The Morgan fingerprint density at radius 1 is 1.38 bits per heavy atom. The summed E-state index contributed by atoms with van der Waals surface area (Å²) in [4.78, 5) is 23.7. The second kappa shape index (κ2) is 8.59. The van der Waals surface area contributed by atoms with E-state index in [0.717, 1.165) is 5.56 Å². The molecule has 0 radical (unpaired) electrons. The van der Waals surface area contributed by atoms with Crippen LogP contribution in [0.3, 0.4) is 0 Å². The summed E-state index contributed by atoms with van der Waals surface area (Å²) in [5.74, 6) is -0.823. The van der Waals surface area contributed by atoms with Gasteiger partial charge in [-0.3, -0.25) is 4.79 Å².